The summed E-state index contributed by atoms with van der Waals surface area (Å²) in [5, 5.41) is 12.1. The van der Waals surface area contributed by atoms with Gasteiger partial charge in [0.1, 0.15) is 0 Å². The Morgan fingerprint density at radius 3 is 2.57 bits per heavy atom. The molecule has 2 aromatic rings. The molecule has 2 N–H and O–H groups in total. The van der Waals surface area contributed by atoms with Crippen molar-refractivity contribution >= 4 is 11.6 Å². The van der Waals surface area contributed by atoms with Crippen LogP contribution in [-0.2, 0) is 17.8 Å². The molecular formula is C18H21NO2. The van der Waals surface area contributed by atoms with Crippen molar-refractivity contribution in [3.05, 3.63) is 64.7 Å². The van der Waals surface area contributed by atoms with Crippen LogP contribution in [0.3, 0.4) is 0 Å². The van der Waals surface area contributed by atoms with E-state index in [0.717, 1.165) is 23.2 Å². The van der Waals surface area contributed by atoms with E-state index in [2.05, 4.69) is 24.4 Å². The van der Waals surface area contributed by atoms with Gasteiger partial charge in [0.15, 0.2) is 0 Å². The zero-order chi connectivity index (χ0) is 15.2. The molecule has 0 spiro atoms. The molecule has 0 heterocycles. The Morgan fingerprint density at radius 2 is 1.86 bits per heavy atom. The lowest BCUT2D eigenvalue weighted by atomic mass is 10.0. The molecule has 0 unspecified atom stereocenters. The summed E-state index contributed by atoms with van der Waals surface area (Å²) in [6, 6.07) is 13.7. The van der Waals surface area contributed by atoms with Crippen LogP contribution in [-0.4, -0.2) is 11.0 Å². The number of hydrogen-bond acceptors (Lipinski definition) is 2. The average molecular weight is 283 g/mol. The highest BCUT2D eigenvalue weighted by Crippen LogP contribution is 2.18. The van der Waals surface area contributed by atoms with Crippen molar-refractivity contribution in [1.29, 1.82) is 0 Å². The lowest BCUT2D eigenvalue weighted by Gasteiger charge is -2.10. The second-order valence-electron chi connectivity index (χ2n) is 5.28. The summed E-state index contributed by atoms with van der Waals surface area (Å²) in [6.07, 6.45) is 1.19. The Morgan fingerprint density at radius 1 is 1.10 bits per heavy atom. The van der Waals surface area contributed by atoms with Crippen LogP contribution in [0.25, 0.3) is 0 Å². The van der Waals surface area contributed by atoms with Crippen molar-refractivity contribution in [2.24, 2.45) is 0 Å². The second kappa shape index (κ2) is 7.04. The van der Waals surface area contributed by atoms with Gasteiger partial charge in [-0.3, -0.25) is 4.79 Å². The molecule has 0 saturated heterocycles. The topological polar surface area (TPSA) is 49.3 Å². The Bertz CT molecular complexity index is 635. The van der Waals surface area contributed by atoms with E-state index in [1.807, 2.05) is 37.3 Å². The molecule has 0 aliphatic rings. The van der Waals surface area contributed by atoms with Crippen LogP contribution in [0.5, 0.6) is 0 Å². The molecule has 21 heavy (non-hydrogen) atoms. The highest BCUT2D eigenvalue weighted by atomic mass is 16.3. The van der Waals surface area contributed by atoms with Gasteiger partial charge in [0.2, 0.25) is 5.91 Å². The van der Waals surface area contributed by atoms with Gasteiger partial charge in [-0.2, -0.15) is 0 Å². The predicted octanol–water partition coefficient (Wildman–Crippen LogP) is 3.37. The SMILES string of the molecule is Cc1ccccc1CCC(=O)Nc1cc(CO)ccc1C. The first-order chi connectivity index (χ1) is 10.1. The first kappa shape index (κ1) is 15.3. The number of aryl methyl sites for hydroxylation is 3. The predicted molar refractivity (Wildman–Crippen MR) is 85.2 cm³/mol. The van der Waals surface area contributed by atoms with Crippen LogP contribution in [0.1, 0.15) is 28.7 Å². The van der Waals surface area contributed by atoms with Crippen LogP contribution < -0.4 is 5.32 Å². The third-order valence-corrected chi connectivity index (χ3v) is 3.64. The molecule has 3 heteroatoms. The molecular weight excluding hydrogens is 262 g/mol. The van der Waals surface area contributed by atoms with Crippen molar-refractivity contribution in [1.82, 2.24) is 0 Å². The first-order valence-electron chi connectivity index (χ1n) is 7.15. The van der Waals surface area contributed by atoms with E-state index in [1.165, 1.54) is 11.1 Å². The molecule has 0 aromatic heterocycles. The third kappa shape index (κ3) is 4.17. The first-order valence-corrected chi connectivity index (χ1v) is 7.15. The quantitative estimate of drug-likeness (QED) is 0.884. The van der Waals surface area contributed by atoms with Gasteiger partial charge in [0, 0.05) is 12.1 Å². The number of rotatable bonds is 5. The molecule has 0 aliphatic heterocycles. The molecule has 0 saturated carbocycles. The number of amides is 1. The average Bonchev–Trinajstić information content (AvgIpc) is 2.48. The zero-order valence-corrected chi connectivity index (χ0v) is 12.5. The molecule has 0 fully saturated rings. The highest BCUT2D eigenvalue weighted by Gasteiger charge is 2.07. The highest BCUT2D eigenvalue weighted by molar-refractivity contribution is 5.91. The Kier molecular flexibility index (Phi) is 5.12. The van der Waals surface area contributed by atoms with Crippen molar-refractivity contribution in [3.63, 3.8) is 0 Å². The number of nitrogens with one attached hydrogen (secondary N) is 1. The van der Waals surface area contributed by atoms with E-state index in [0.29, 0.717) is 6.42 Å². The number of carbonyl (C=O) groups is 1. The van der Waals surface area contributed by atoms with Crippen LogP contribution in [0, 0.1) is 13.8 Å². The lowest BCUT2D eigenvalue weighted by molar-refractivity contribution is -0.116. The smallest absolute Gasteiger partial charge is 0.224 e. The van der Waals surface area contributed by atoms with Gasteiger partial charge in [-0.1, -0.05) is 36.4 Å². The number of carbonyl (C=O) groups excluding carboxylic acids is 1. The monoisotopic (exact) mass is 283 g/mol. The third-order valence-electron chi connectivity index (χ3n) is 3.64. The normalized spacial score (nSPS) is 10.4. The molecule has 0 atom stereocenters. The summed E-state index contributed by atoms with van der Waals surface area (Å²) >= 11 is 0. The summed E-state index contributed by atoms with van der Waals surface area (Å²) < 4.78 is 0. The fourth-order valence-electron chi connectivity index (χ4n) is 2.25. The van der Waals surface area contributed by atoms with E-state index in [4.69, 9.17) is 5.11 Å². The van der Waals surface area contributed by atoms with E-state index in [1.54, 1.807) is 0 Å². The minimum Gasteiger partial charge on any atom is -0.392 e. The van der Waals surface area contributed by atoms with Gasteiger partial charge in [0.05, 0.1) is 6.61 Å². The van der Waals surface area contributed by atoms with Gasteiger partial charge in [-0.15, -0.1) is 0 Å². The molecule has 3 nitrogen and oxygen atoms in total. The number of aliphatic hydroxyl groups is 1. The van der Waals surface area contributed by atoms with Gasteiger partial charge in [-0.05, 0) is 48.6 Å². The second-order valence-corrected chi connectivity index (χ2v) is 5.28. The van der Waals surface area contributed by atoms with E-state index in [9.17, 15) is 4.79 Å². The molecule has 2 aromatic carbocycles. The minimum atomic E-state index is -0.0215. The van der Waals surface area contributed by atoms with Gasteiger partial charge >= 0.3 is 0 Å². The fourth-order valence-corrected chi connectivity index (χ4v) is 2.25. The fraction of sp³-hybridized carbons (Fsp3) is 0.278. The summed E-state index contributed by atoms with van der Waals surface area (Å²) in [4.78, 5) is 12.1. The van der Waals surface area contributed by atoms with Crippen LogP contribution in [0.4, 0.5) is 5.69 Å². The largest absolute Gasteiger partial charge is 0.392 e. The molecule has 2 rings (SSSR count). The van der Waals surface area contributed by atoms with Crippen molar-refractivity contribution in [2.75, 3.05) is 5.32 Å². The number of anilines is 1. The Balaban J connectivity index is 1.97. The molecule has 0 radical (unpaired) electrons. The van der Waals surface area contributed by atoms with Crippen molar-refractivity contribution in [2.45, 2.75) is 33.3 Å². The summed E-state index contributed by atoms with van der Waals surface area (Å²) in [7, 11) is 0. The summed E-state index contributed by atoms with van der Waals surface area (Å²) in [5.41, 5.74) is 4.99. The maximum atomic E-state index is 12.1. The van der Waals surface area contributed by atoms with Crippen LogP contribution in [0.15, 0.2) is 42.5 Å². The van der Waals surface area contributed by atoms with Crippen molar-refractivity contribution < 1.29 is 9.90 Å². The van der Waals surface area contributed by atoms with Gasteiger partial charge < -0.3 is 10.4 Å². The van der Waals surface area contributed by atoms with Gasteiger partial charge in [0.25, 0.3) is 0 Å². The van der Waals surface area contributed by atoms with E-state index < -0.39 is 0 Å². The summed E-state index contributed by atoms with van der Waals surface area (Å²) in [5.74, 6) is -0.00329. The number of aliphatic hydroxyl groups excluding tert-OH is 1. The maximum Gasteiger partial charge on any atom is 0.224 e. The molecule has 1 amide bonds. The molecule has 110 valence electrons. The van der Waals surface area contributed by atoms with E-state index in [-0.39, 0.29) is 12.5 Å². The van der Waals surface area contributed by atoms with E-state index >= 15 is 0 Å². The molecule has 0 aliphatic carbocycles. The molecule has 0 bridgehead atoms. The maximum absolute atomic E-state index is 12.1. The Labute approximate surface area is 125 Å². The van der Waals surface area contributed by atoms with Crippen LogP contribution in [0.2, 0.25) is 0 Å². The number of hydrogen-bond donors (Lipinski definition) is 2. The number of benzene rings is 2. The van der Waals surface area contributed by atoms with Crippen LogP contribution >= 0.6 is 0 Å². The minimum absolute atomic E-state index is 0.00329. The van der Waals surface area contributed by atoms with Crippen molar-refractivity contribution in [3.8, 4) is 0 Å². The standard InChI is InChI=1S/C18H21NO2/c1-13-5-3-4-6-16(13)9-10-18(21)19-17-11-15(12-20)8-7-14(17)2/h3-8,11,20H,9-10,12H2,1-2H3,(H,19,21). The Hall–Kier alpha value is -2.13. The van der Waals surface area contributed by atoms with Gasteiger partial charge in [-0.25, -0.2) is 0 Å². The summed E-state index contributed by atoms with van der Waals surface area (Å²) in [6.45, 7) is 3.98. The lowest BCUT2D eigenvalue weighted by Crippen LogP contribution is -2.13. The zero-order valence-electron chi connectivity index (χ0n) is 12.5.